The number of hydrogen-bond donors (Lipinski definition) is 0. The molecule has 0 aromatic carbocycles. The van der Waals surface area contributed by atoms with Gasteiger partial charge in [0.05, 0.1) is 12.1 Å². The van der Waals surface area contributed by atoms with Crippen molar-refractivity contribution in [1.29, 1.82) is 0 Å². The summed E-state index contributed by atoms with van der Waals surface area (Å²) in [6.45, 7) is 3.67. The summed E-state index contributed by atoms with van der Waals surface area (Å²) < 4.78 is 4.70. The van der Waals surface area contributed by atoms with Crippen molar-refractivity contribution >= 4 is 23.1 Å². The highest BCUT2D eigenvalue weighted by Gasteiger charge is 2.30. The first-order chi connectivity index (χ1) is 9.06. The lowest BCUT2D eigenvalue weighted by Gasteiger charge is -2.05. The molecule has 2 rings (SSSR count). The van der Waals surface area contributed by atoms with Gasteiger partial charge in [-0.3, -0.25) is 4.79 Å². The fourth-order valence-corrected chi connectivity index (χ4v) is 3.75. The third-order valence-corrected chi connectivity index (χ3v) is 5.13. The van der Waals surface area contributed by atoms with Crippen molar-refractivity contribution in [2.24, 2.45) is 5.92 Å². The number of thiazole rings is 1. The number of esters is 1. The van der Waals surface area contributed by atoms with E-state index < -0.39 is 5.97 Å². The Morgan fingerprint density at radius 2 is 2.16 bits per heavy atom. The summed E-state index contributed by atoms with van der Waals surface area (Å²) in [7, 11) is 1.31. The van der Waals surface area contributed by atoms with E-state index in [2.05, 4.69) is 11.9 Å². The Kier molecular flexibility index (Phi) is 4.34. The Morgan fingerprint density at radius 3 is 2.68 bits per heavy atom. The molecule has 0 bridgehead atoms. The minimum atomic E-state index is -0.516. The van der Waals surface area contributed by atoms with Crippen LogP contribution in [0.15, 0.2) is 0 Å². The average Bonchev–Trinajstić information content (AvgIpc) is 3.03. The normalized spacial score (nSPS) is 22.5. The number of hydrogen-bond acceptors (Lipinski definition) is 5. The standard InChI is InChI=1S/C14H19NO3S/c1-4-9-5-6-10(7-9)13-15-11(14(17)18-3)12(19-13)8(2)16/h9-10H,4-7H2,1-3H3. The fraction of sp³-hybridized carbons (Fsp3) is 0.643. The molecule has 1 aromatic rings. The minimum Gasteiger partial charge on any atom is -0.464 e. The molecule has 104 valence electrons. The quantitative estimate of drug-likeness (QED) is 0.626. The lowest BCUT2D eigenvalue weighted by atomic mass is 10.0. The molecular weight excluding hydrogens is 262 g/mol. The summed E-state index contributed by atoms with van der Waals surface area (Å²) in [6, 6.07) is 0. The number of Topliss-reactive ketones (excluding diaryl/α,β-unsaturated/α-hetero) is 1. The Labute approximate surface area is 117 Å². The molecule has 0 aliphatic heterocycles. The van der Waals surface area contributed by atoms with E-state index in [0.717, 1.165) is 23.8 Å². The van der Waals surface area contributed by atoms with Crippen LogP contribution >= 0.6 is 11.3 Å². The largest absolute Gasteiger partial charge is 0.464 e. The van der Waals surface area contributed by atoms with E-state index in [1.165, 1.54) is 38.2 Å². The molecule has 1 aliphatic carbocycles. The maximum Gasteiger partial charge on any atom is 0.358 e. The zero-order valence-corrected chi connectivity index (χ0v) is 12.4. The van der Waals surface area contributed by atoms with Gasteiger partial charge in [-0.25, -0.2) is 9.78 Å². The predicted octanol–water partition coefficient (Wildman–Crippen LogP) is 3.43. The number of rotatable bonds is 4. The van der Waals surface area contributed by atoms with Crippen LogP contribution in [0.2, 0.25) is 0 Å². The molecule has 0 N–H and O–H groups in total. The van der Waals surface area contributed by atoms with E-state index >= 15 is 0 Å². The van der Waals surface area contributed by atoms with Crippen LogP contribution in [0, 0.1) is 5.92 Å². The molecule has 1 fully saturated rings. The van der Waals surface area contributed by atoms with E-state index in [1.807, 2.05) is 0 Å². The van der Waals surface area contributed by atoms with Crippen molar-refractivity contribution in [2.75, 3.05) is 7.11 Å². The van der Waals surface area contributed by atoms with E-state index in [9.17, 15) is 9.59 Å². The van der Waals surface area contributed by atoms with Gasteiger partial charge < -0.3 is 4.74 Å². The number of methoxy groups -OCH3 is 1. The van der Waals surface area contributed by atoms with Gasteiger partial charge in [-0.05, 0) is 25.2 Å². The average molecular weight is 281 g/mol. The van der Waals surface area contributed by atoms with Crippen LogP contribution in [-0.2, 0) is 4.74 Å². The van der Waals surface area contributed by atoms with Gasteiger partial charge in [0.15, 0.2) is 11.5 Å². The second-order valence-corrected chi connectivity index (χ2v) is 6.09. The number of nitrogens with zero attached hydrogens (tertiary/aromatic N) is 1. The summed E-state index contributed by atoms with van der Waals surface area (Å²) in [5, 5.41) is 0.918. The number of carbonyl (C=O) groups is 2. The first-order valence-electron chi connectivity index (χ1n) is 6.66. The SMILES string of the molecule is CCC1CCC(c2nc(C(=O)OC)c(C(C)=O)s2)C1. The van der Waals surface area contributed by atoms with Crippen molar-refractivity contribution in [2.45, 2.75) is 45.4 Å². The highest BCUT2D eigenvalue weighted by Crippen LogP contribution is 2.41. The summed E-state index contributed by atoms with van der Waals surface area (Å²) >= 11 is 1.36. The van der Waals surface area contributed by atoms with Crippen molar-refractivity contribution in [3.05, 3.63) is 15.6 Å². The lowest BCUT2D eigenvalue weighted by Crippen LogP contribution is -2.07. The van der Waals surface area contributed by atoms with Crippen molar-refractivity contribution in [3.8, 4) is 0 Å². The van der Waals surface area contributed by atoms with E-state index in [-0.39, 0.29) is 11.5 Å². The van der Waals surface area contributed by atoms with Gasteiger partial charge in [0.1, 0.15) is 4.88 Å². The Balaban J connectivity index is 2.28. The van der Waals surface area contributed by atoms with Crippen molar-refractivity contribution in [3.63, 3.8) is 0 Å². The van der Waals surface area contributed by atoms with Crippen LogP contribution in [0.3, 0.4) is 0 Å². The second-order valence-electron chi connectivity index (χ2n) is 5.06. The highest BCUT2D eigenvalue weighted by molar-refractivity contribution is 7.14. The predicted molar refractivity (Wildman–Crippen MR) is 73.8 cm³/mol. The van der Waals surface area contributed by atoms with Gasteiger partial charge in [0.25, 0.3) is 0 Å². The molecule has 0 saturated heterocycles. The third-order valence-electron chi connectivity index (χ3n) is 3.81. The molecule has 5 heteroatoms. The van der Waals surface area contributed by atoms with Gasteiger partial charge in [-0.2, -0.15) is 0 Å². The summed E-state index contributed by atoms with van der Waals surface area (Å²) in [4.78, 5) is 28.1. The molecule has 1 aliphatic rings. The maximum atomic E-state index is 11.7. The third kappa shape index (κ3) is 2.86. The lowest BCUT2D eigenvalue weighted by molar-refractivity contribution is 0.0591. The van der Waals surface area contributed by atoms with Crippen LogP contribution in [-0.4, -0.2) is 23.8 Å². The van der Waals surface area contributed by atoms with Crippen molar-refractivity contribution < 1.29 is 14.3 Å². The van der Waals surface area contributed by atoms with Crippen LogP contribution in [0.4, 0.5) is 0 Å². The second kappa shape index (κ2) is 5.82. The van der Waals surface area contributed by atoms with E-state index in [0.29, 0.717) is 10.8 Å². The Morgan fingerprint density at radius 1 is 1.42 bits per heavy atom. The van der Waals surface area contributed by atoms with Crippen LogP contribution in [0.1, 0.15) is 70.6 Å². The van der Waals surface area contributed by atoms with Gasteiger partial charge in [0, 0.05) is 12.8 Å². The topological polar surface area (TPSA) is 56.3 Å². The summed E-state index contributed by atoms with van der Waals surface area (Å²) in [5.74, 6) is 0.509. The first kappa shape index (κ1) is 14.2. The molecular formula is C14H19NO3S. The Bertz CT molecular complexity index is 495. The van der Waals surface area contributed by atoms with E-state index in [4.69, 9.17) is 4.74 Å². The molecule has 1 heterocycles. The summed E-state index contributed by atoms with van der Waals surface area (Å²) in [5.41, 5.74) is 0.190. The molecule has 1 aromatic heterocycles. The molecule has 0 amide bonds. The number of ketones is 1. The van der Waals surface area contributed by atoms with Crippen LogP contribution in [0.5, 0.6) is 0 Å². The van der Waals surface area contributed by atoms with E-state index in [1.54, 1.807) is 0 Å². The van der Waals surface area contributed by atoms with Gasteiger partial charge >= 0.3 is 5.97 Å². The highest BCUT2D eigenvalue weighted by atomic mass is 32.1. The molecule has 0 spiro atoms. The minimum absolute atomic E-state index is 0.116. The zero-order chi connectivity index (χ0) is 14.0. The van der Waals surface area contributed by atoms with Gasteiger partial charge in [-0.1, -0.05) is 13.3 Å². The molecule has 2 unspecified atom stereocenters. The van der Waals surface area contributed by atoms with Crippen LogP contribution < -0.4 is 0 Å². The molecule has 19 heavy (non-hydrogen) atoms. The summed E-state index contributed by atoms with van der Waals surface area (Å²) in [6.07, 6.45) is 4.61. The Hall–Kier alpha value is -1.23. The smallest absolute Gasteiger partial charge is 0.358 e. The molecule has 4 nitrogen and oxygen atoms in total. The maximum absolute atomic E-state index is 11.7. The first-order valence-corrected chi connectivity index (χ1v) is 7.48. The fourth-order valence-electron chi connectivity index (χ4n) is 2.65. The van der Waals surface area contributed by atoms with Crippen molar-refractivity contribution in [1.82, 2.24) is 4.98 Å². The van der Waals surface area contributed by atoms with Gasteiger partial charge in [0.2, 0.25) is 0 Å². The van der Waals surface area contributed by atoms with Crippen LogP contribution in [0.25, 0.3) is 0 Å². The van der Waals surface area contributed by atoms with Gasteiger partial charge in [-0.15, -0.1) is 11.3 Å². The number of aromatic nitrogens is 1. The molecule has 1 saturated carbocycles. The number of ether oxygens (including phenoxy) is 1. The molecule has 0 radical (unpaired) electrons. The number of carbonyl (C=O) groups excluding carboxylic acids is 2. The monoisotopic (exact) mass is 281 g/mol. The zero-order valence-electron chi connectivity index (χ0n) is 11.6. The molecule has 2 atom stereocenters.